The summed E-state index contributed by atoms with van der Waals surface area (Å²) < 4.78 is 43.6. The van der Waals surface area contributed by atoms with E-state index < -0.39 is 15.7 Å². The van der Waals surface area contributed by atoms with Gasteiger partial charge in [0.2, 0.25) is 9.84 Å². The molecule has 0 aliphatic carbocycles. The number of sulfone groups is 1. The van der Waals surface area contributed by atoms with E-state index in [-0.39, 0.29) is 28.2 Å². The van der Waals surface area contributed by atoms with Gasteiger partial charge in [-0.25, -0.2) is 12.8 Å². The number of benzene rings is 2. The minimum absolute atomic E-state index is 0.0558. The van der Waals surface area contributed by atoms with Crippen molar-refractivity contribution in [1.29, 1.82) is 0 Å². The van der Waals surface area contributed by atoms with E-state index in [2.05, 4.69) is 0 Å². The number of halogens is 1. The van der Waals surface area contributed by atoms with Gasteiger partial charge in [0, 0.05) is 6.54 Å². The van der Waals surface area contributed by atoms with Gasteiger partial charge in [-0.15, -0.1) is 0 Å². The van der Waals surface area contributed by atoms with Crippen molar-refractivity contribution in [3.63, 3.8) is 0 Å². The first-order valence-corrected chi connectivity index (χ1v) is 10.2. The summed E-state index contributed by atoms with van der Waals surface area (Å²) >= 11 is 0. The molecule has 2 aromatic carbocycles. The Hall–Kier alpha value is -2.25. The first-order chi connectivity index (χ1) is 12.8. The molecule has 7 heteroatoms. The minimum Gasteiger partial charge on any atom is -0.468 e. The molecule has 3 rings (SSSR count). The Morgan fingerprint density at radius 1 is 1.22 bits per heavy atom. The second kappa shape index (κ2) is 7.78. The van der Waals surface area contributed by atoms with Crippen molar-refractivity contribution in [3.05, 3.63) is 59.4 Å². The molecule has 0 saturated carbocycles. The maximum Gasteiger partial charge on any atom is 0.319 e. The van der Waals surface area contributed by atoms with Crippen molar-refractivity contribution in [2.45, 2.75) is 29.1 Å². The third kappa shape index (κ3) is 4.20. The first kappa shape index (κ1) is 19.5. The Labute approximate surface area is 158 Å². The highest BCUT2D eigenvalue weighted by Crippen LogP contribution is 2.32. The molecule has 1 atom stereocenters. The fourth-order valence-corrected chi connectivity index (χ4v) is 4.90. The highest BCUT2D eigenvalue weighted by molar-refractivity contribution is 7.91. The number of hydrogen-bond acceptors (Lipinski definition) is 5. The maximum absolute atomic E-state index is 13.4. The molecule has 144 valence electrons. The van der Waals surface area contributed by atoms with E-state index in [4.69, 9.17) is 4.74 Å². The fourth-order valence-electron chi connectivity index (χ4n) is 3.52. The molecule has 1 fully saturated rings. The van der Waals surface area contributed by atoms with Crippen LogP contribution in [0.25, 0.3) is 0 Å². The monoisotopic (exact) mass is 391 g/mol. The lowest BCUT2D eigenvalue weighted by Crippen LogP contribution is -2.28. The number of likely N-dealkylation sites (tertiary alicyclic amines) is 1. The summed E-state index contributed by atoms with van der Waals surface area (Å²) in [6, 6.07) is 10.1. The van der Waals surface area contributed by atoms with E-state index >= 15 is 0 Å². The van der Waals surface area contributed by atoms with E-state index in [1.54, 1.807) is 12.1 Å². The maximum atomic E-state index is 13.4. The van der Waals surface area contributed by atoms with Crippen molar-refractivity contribution in [1.82, 2.24) is 4.90 Å². The molecule has 0 amide bonds. The zero-order valence-electron chi connectivity index (χ0n) is 15.3. The van der Waals surface area contributed by atoms with Gasteiger partial charge in [0.1, 0.15) is 5.82 Å². The quantitative estimate of drug-likeness (QED) is 0.734. The highest BCUT2D eigenvalue weighted by Gasteiger charge is 2.27. The lowest BCUT2D eigenvalue weighted by atomic mass is 9.94. The molecule has 27 heavy (non-hydrogen) atoms. The van der Waals surface area contributed by atoms with Crippen molar-refractivity contribution in [2.24, 2.45) is 0 Å². The van der Waals surface area contributed by atoms with Gasteiger partial charge in [0.05, 0.1) is 23.4 Å². The summed E-state index contributed by atoms with van der Waals surface area (Å²) in [6.45, 7) is 3.66. The molecule has 0 bridgehead atoms. The molecule has 5 nitrogen and oxygen atoms in total. The fraction of sp³-hybridized carbons (Fsp3) is 0.350. The van der Waals surface area contributed by atoms with Gasteiger partial charge in [-0.3, -0.25) is 9.69 Å². The summed E-state index contributed by atoms with van der Waals surface area (Å²) in [4.78, 5) is 13.6. The van der Waals surface area contributed by atoms with Crippen LogP contribution in [-0.2, 0) is 19.4 Å². The second-order valence-corrected chi connectivity index (χ2v) is 8.73. The average Bonchev–Trinajstić information content (AvgIpc) is 3.09. The van der Waals surface area contributed by atoms with Crippen LogP contribution in [0.2, 0.25) is 0 Å². The number of nitrogens with zero attached hydrogens (tertiary/aromatic N) is 1. The number of esters is 1. The number of ether oxygens (including phenoxy) is 1. The molecule has 0 spiro atoms. The topological polar surface area (TPSA) is 63.7 Å². The van der Waals surface area contributed by atoms with Crippen LogP contribution in [0, 0.1) is 12.7 Å². The molecular weight excluding hydrogens is 369 g/mol. The van der Waals surface area contributed by atoms with E-state index in [1.807, 2.05) is 17.9 Å². The summed E-state index contributed by atoms with van der Waals surface area (Å²) in [5.74, 6) is -0.606. The Bertz CT molecular complexity index is 958. The number of rotatable bonds is 5. The van der Waals surface area contributed by atoms with Gasteiger partial charge >= 0.3 is 5.97 Å². The Morgan fingerprint density at radius 2 is 1.96 bits per heavy atom. The zero-order valence-corrected chi connectivity index (χ0v) is 16.1. The smallest absolute Gasteiger partial charge is 0.319 e. The van der Waals surface area contributed by atoms with E-state index in [0.717, 1.165) is 36.7 Å². The van der Waals surface area contributed by atoms with Crippen LogP contribution in [0.3, 0.4) is 0 Å². The molecule has 0 N–H and O–H groups in total. The van der Waals surface area contributed by atoms with Crippen molar-refractivity contribution >= 4 is 15.8 Å². The minimum atomic E-state index is -3.77. The highest BCUT2D eigenvalue weighted by atomic mass is 32.2. The summed E-state index contributed by atoms with van der Waals surface area (Å²) in [5, 5.41) is 0. The molecule has 0 radical (unpaired) electrons. The molecule has 1 aliphatic heterocycles. The molecule has 0 aromatic heterocycles. The summed E-state index contributed by atoms with van der Waals surface area (Å²) in [7, 11) is -2.39. The Morgan fingerprint density at radius 3 is 2.63 bits per heavy atom. The van der Waals surface area contributed by atoms with Crippen LogP contribution >= 0.6 is 0 Å². The number of hydrogen-bond donors (Lipinski definition) is 0. The van der Waals surface area contributed by atoms with Crippen LogP contribution < -0.4 is 0 Å². The Balaban J connectivity index is 1.81. The van der Waals surface area contributed by atoms with Crippen molar-refractivity contribution in [2.75, 3.05) is 26.7 Å². The lowest BCUT2D eigenvalue weighted by Gasteiger charge is -2.17. The lowest BCUT2D eigenvalue weighted by molar-refractivity contribution is -0.141. The first-order valence-electron chi connectivity index (χ1n) is 8.71. The molecular formula is C20H22FNO4S. The normalized spacial score (nSPS) is 17.8. The predicted octanol–water partition coefficient (Wildman–Crippen LogP) is 2.93. The van der Waals surface area contributed by atoms with E-state index in [1.165, 1.54) is 25.3 Å². The number of aryl methyl sites for hydroxylation is 1. The van der Waals surface area contributed by atoms with Crippen LogP contribution in [0.1, 0.15) is 23.5 Å². The number of carbonyl (C=O) groups is 1. The summed E-state index contributed by atoms with van der Waals surface area (Å²) in [5.41, 5.74) is 1.94. The van der Waals surface area contributed by atoms with Crippen LogP contribution in [0.5, 0.6) is 0 Å². The largest absolute Gasteiger partial charge is 0.468 e. The van der Waals surface area contributed by atoms with Crippen LogP contribution in [0.4, 0.5) is 4.39 Å². The molecule has 1 unspecified atom stereocenters. The van der Waals surface area contributed by atoms with Gasteiger partial charge < -0.3 is 4.74 Å². The average molecular weight is 391 g/mol. The third-order valence-electron chi connectivity index (χ3n) is 4.95. The standard InChI is InChI=1S/C20H22FNO4S/c1-14-10-18(27(24,25)17-5-3-4-16(21)11-17)6-7-19(14)15-8-9-22(12-15)13-20(23)26-2/h3-7,10-11,15H,8-9,12-13H2,1-2H3. The Kier molecular flexibility index (Phi) is 5.62. The number of methoxy groups -OCH3 is 1. The van der Waals surface area contributed by atoms with Crippen LogP contribution in [0.15, 0.2) is 52.3 Å². The van der Waals surface area contributed by atoms with Gasteiger partial charge in [-0.05, 0) is 67.3 Å². The molecule has 1 aliphatic rings. The van der Waals surface area contributed by atoms with Gasteiger partial charge in [0.25, 0.3) is 0 Å². The van der Waals surface area contributed by atoms with Crippen LogP contribution in [-0.4, -0.2) is 46.0 Å². The van der Waals surface area contributed by atoms with E-state index in [9.17, 15) is 17.6 Å². The number of carbonyl (C=O) groups excluding carboxylic acids is 1. The van der Waals surface area contributed by atoms with Gasteiger partial charge in [-0.2, -0.15) is 0 Å². The SMILES string of the molecule is COC(=O)CN1CCC(c2ccc(S(=O)(=O)c3cccc(F)c3)cc2C)C1. The van der Waals surface area contributed by atoms with Crippen molar-refractivity contribution < 1.29 is 22.3 Å². The molecule has 2 aromatic rings. The summed E-state index contributed by atoms with van der Waals surface area (Å²) in [6.07, 6.45) is 0.897. The third-order valence-corrected chi connectivity index (χ3v) is 6.70. The predicted molar refractivity (Wildman–Crippen MR) is 98.8 cm³/mol. The zero-order chi connectivity index (χ0) is 19.6. The van der Waals surface area contributed by atoms with Gasteiger partial charge in [-0.1, -0.05) is 12.1 Å². The van der Waals surface area contributed by atoms with Gasteiger partial charge in [0.15, 0.2) is 0 Å². The van der Waals surface area contributed by atoms with E-state index in [0.29, 0.717) is 0 Å². The molecule has 1 saturated heterocycles. The second-order valence-electron chi connectivity index (χ2n) is 6.78. The van der Waals surface area contributed by atoms with Crippen molar-refractivity contribution in [3.8, 4) is 0 Å². The molecule has 1 heterocycles.